The Bertz CT molecular complexity index is 729. The topological polar surface area (TPSA) is 23.5 Å². The van der Waals surface area contributed by atoms with Gasteiger partial charge in [0.25, 0.3) is 0 Å². The van der Waals surface area contributed by atoms with Crippen LogP contribution < -0.4 is 4.90 Å². The van der Waals surface area contributed by atoms with Gasteiger partial charge in [0.05, 0.1) is 0 Å². The van der Waals surface area contributed by atoms with Gasteiger partial charge in [0.2, 0.25) is 0 Å². The van der Waals surface area contributed by atoms with E-state index < -0.39 is 0 Å². The Kier molecular flexibility index (Phi) is 3.78. The van der Waals surface area contributed by atoms with Crippen LogP contribution in [0.4, 0.5) is 5.69 Å². The first-order valence-electron chi connectivity index (χ1n) is 7.28. The maximum Gasteiger partial charge on any atom is 0.115 e. The lowest BCUT2D eigenvalue weighted by Crippen LogP contribution is -2.22. The monoisotopic (exact) mass is 277 g/mol. The molecule has 2 nitrogen and oxygen atoms in total. The maximum absolute atomic E-state index is 9.39. The summed E-state index contributed by atoms with van der Waals surface area (Å²) in [6.07, 6.45) is 0. The first-order chi connectivity index (χ1) is 10.3. The Balaban J connectivity index is 1.96. The molecule has 0 fully saturated rings. The highest BCUT2D eigenvalue weighted by molar-refractivity contribution is 5.94. The van der Waals surface area contributed by atoms with E-state index in [4.69, 9.17) is 0 Å². The Hall–Kier alpha value is -2.48. The van der Waals surface area contributed by atoms with Gasteiger partial charge in [-0.15, -0.1) is 0 Å². The van der Waals surface area contributed by atoms with Gasteiger partial charge in [-0.25, -0.2) is 0 Å². The van der Waals surface area contributed by atoms with Gasteiger partial charge in [0, 0.05) is 24.2 Å². The molecule has 0 amide bonds. The summed E-state index contributed by atoms with van der Waals surface area (Å²) < 4.78 is 0. The second-order valence-corrected chi connectivity index (χ2v) is 5.18. The number of phenols is 1. The van der Waals surface area contributed by atoms with Crippen LogP contribution in [0.5, 0.6) is 5.75 Å². The summed E-state index contributed by atoms with van der Waals surface area (Å²) in [4.78, 5) is 2.36. The summed E-state index contributed by atoms with van der Waals surface area (Å²) in [6.45, 7) is 3.95. The molecule has 0 aromatic heterocycles. The van der Waals surface area contributed by atoms with Gasteiger partial charge in [-0.2, -0.15) is 0 Å². The maximum atomic E-state index is 9.39. The quantitative estimate of drug-likeness (QED) is 0.755. The Morgan fingerprint density at radius 2 is 1.57 bits per heavy atom. The van der Waals surface area contributed by atoms with Gasteiger partial charge in [-0.05, 0) is 36.1 Å². The number of hydrogen-bond acceptors (Lipinski definition) is 2. The van der Waals surface area contributed by atoms with Crippen LogP contribution in [0, 0.1) is 0 Å². The molecule has 0 aliphatic rings. The molecule has 3 aromatic rings. The Morgan fingerprint density at radius 3 is 2.33 bits per heavy atom. The minimum atomic E-state index is 0.312. The van der Waals surface area contributed by atoms with E-state index in [1.165, 1.54) is 22.0 Å². The fraction of sp³-hybridized carbons (Fsp3) is 0.158. The van der Waals surface area contributed by atoms with Gasteiger partial charge >= 0.3 is 0 Å². The van der Waals surface area contributed by atoms with Crippen LogP contribution in [-0.4, -0.2) is 11.7 Å². The molecule has 106 valence electrons. The smallest absolute Gasteiger partial charge is 0.115 e. The van der Waals surface area contributed by atoms with Crippen molar-refractivity contribution < 1.29 is 5.11 Å². The second-order valence-electron chi connectivity index (χ2n) is 5.18. The predicted octanol–water partition coefficient (Wildman–Crippen LogP) is 4.57. The molecule has 0 saturated carbocycles. The number of aromatic hydroxyl groups is 1. The summed E-state index contributed by atoms with van der Waals surface area (Å²) in [7, 11) is 0. The van der Waals surface area contributed by atoms with Gasteiger partial charge < -0.3 is 10.0 Å². The number of phenolic OH excluding ortho intramolecular Hbond substituents is 1. The van der Waals surface area contributed by atoms with Crippen molar-refractivity contribution in [2.75, 3.05) is 11.4 Å². The van der Waals surface area contributed by atoms with E-state index in [1.807, 2.05) is 12.1 Å². The van der Waals surface area contributed by atoms with Crippen molar-refractivity contribution in [3.05, 3.63) is 72.3 Å². The molecule has 0 aliphatic heterocycles. The molecular weight excluding hydrogens is 258 g/mol. The largest absolute Gasteiger partial charge is 0.508 e. The lowest BCUT2D eigenvalue weighted by molar-refractivity contribution is 0.475. The van der Waals surface area contributed by atoms with Gasteiger partial charge in [-0.3, -0.25) is 0 Å². The van der Waals surface area contributed by atoms with Crippen LogP contribution in [0.3, 0.4) is 0 Å². The third kappa shape index (κ3) is 2.84. The summed E-state index contributed by atoms with van der Waals surface area (Å²) in [5.41, 5.74) is 2.45. The highest BCUT2D eigenvalue weighted by Gasteiger charge is 2.08. The van der Waals surface area contributed by atoms with Crippen LogP contribution in [0.15, 0.2) is 66.7 Å². The second kappa shape index (κ2) is 5.88. The Morgan fingerprint density at radius 1 is 0.857 bits per heavy atom. The minimum Gasteiger partial charge on any atom is -0.508 e. The van der Waals surface area contributed by atoms with Crippen LogP contribution in [0.1, 0.15) is 12.5 Å². The number of benzene rings is 3. The average Bonchev–Trinajstić information content (AvgIpc) is 2.54. The van der Waals surface area contributed by atoms with Crippen molar-refractivity contribution >= 4 is 16.5 Å². The molecule has 3 rings (SSSR count). The van der Waals surface area contributed by atoms with Crippen molar-refractivity contribution in [3.8, 4) is 5.75 Å². The third-order valence-corrected chi connectivity index (χ3v) is 3.80. The zero-order chi connectivity index (χ0) is 14.7. The van der Waals surface area contributed by atoms with Crippen molar-refractivity contribution in [1.82, 2.24) is 0 Å². The Labute approximate surface area is 125 Å². The zero-order valence-electron chi connectivity index (χ0n) is 12.2. The summed E-state index contributed by atoms with van der Waals surface area (Å²) >= 11 is 0. The molecule has 0 bridgehead atoms. The average molecular weight is 277 g/mol. The van der Waals surface area contributed by atoms with Crippen molar-refractivity contribution in [2.45, 2.75) is 13.5 Å². The molecule has 0 unspecified atom stereocenters. The molecule has 0 heterocycles. The molecule has 2 heteroatoms. The zero-order valence-corrected chi connectivity index (χ0v) is 12.2. The molecule has 0 radical (unpaired) electrons. The number of fused-ring (bicyclic) bond motifs is 1. The molecule has 1 N–H and O–H groups in total. The van der Waals surface area contributed by atoms with Crippen molar-refractivity contribution in [1.29, 1.82) is 0 Å². The number of nitrogens with zero attached hydrogens (tertiary/aromatic N) is 1. The summed E-state index contributed by atoms with van der Waals surface area (Å²) in [5.74, 6) is 0.312. The van der Waals surface area contributed by atoms with E-state index in [1.54, 1.807) is 12.1 Å². The van der Waals surface area contributed by atoms with Gasteiger partial charge in [0.15, 0.2) is 0 Å². The lowest BCUT2D eigenvalue weighted by atomic mass is 10.1. The first-order valence-corrected chi connectivity index (χ1v) is 7.28. The fourth-order valence-electron chi connectivity index (χ4n) is 2.67. The molecule has 0 aliphatic carbocycles. The third-order valence-electron chi connectivity index (χ3n) is 3.80. The van der Waals surface area contributed by atoms with E-state index in [0.29, 0.717) is 5.75 Å². The van der Waals surface area contributed by atoms with Crippen LogP contribution in [-0.2, 0) is 6.54 Å². The predicted molar refractivity (Wildman–Crippen MR) is 88.8 cm³/mol. The van der Waals surface area contributed by atoms with Crippen LogP contribution in [0.2, 0.25) is 0 Å². The highest BCUT2D eigenvalue weighted by atomic mass is 16.3. The van der Waals surface area contributed by atoms with E-state index in [9.17, 15) is 5.11 Å². The SMILES string of the molecule is CCN(Cc1ccc(O)cc1)c1cccc2ccccc12. The van der Waals surface area contributed by atoms with E-state index in [-0.39, 0.29) is 0 Å². The summed E-state index contributed by atoms with van der Waals surface area (Å²) in [6, 6.07) is 22.3. The molecule has 0 atom stereocenters. The van der Waals surface area contributed by atoms with Gasteiger partial charge in [0.1, 0.15) is 5.75 Å². The molecule has 0 spiro atoms. The van der Waals surface area contributed by atoms with Gasteiger partial charge in [-0.1, -0.05) is 48.5 Å². The van der Waals surface area contributed by atoms with E-state index in [2.05, 4.69) is 54.3 Å². The molecule has 21 heavy (non-hydrogen) atoms. The van der Waals surface area contributed by atoms with Crippen LogP contribution >= 0.6 is 0 Å². The minimum absolute atomic E-state index is 0.312. The fourth-order valence-corrected chi connectivity index (χ4v) is 2.67. The number of hydrogen-bond donors (Lipinski definition) is 1. The van der Waals surface area contributed by atoms with Crippen LogP contribution in [0.25, 0.3) is 10.8 Å². The van der Waals surface area contributed by atoms with Crippen molar-refractivity contribution in [3.63, 3.8) is 0 Å². The number of rotatable bonds is 4. The van der Waals surface area contributed by atoms with E-state index >= 15 is 0 Å². The molecule has 0 saturated heterocycles. The van der Waals surface area contributed by atoms with Crippen molar-refractivity contribution in [2.24, 2.45) is 0 Å². The molecule has 3 aromatic carbocycles. The standard InChI is InChI=1S/C19H19NO/c1-2-20(14-15-10-12-17(21)13-11-15)19-9-5-7-16-6-3-4-8-18(16)19/h3-13,21H,2,14H2,1H3. The highest BCUT2D eigenvalue weighted by Crippen LogP contribution is 2.28. The normalized spacial score (nSPS) is 10.7. The molecular formula is C19H19NO. The van der Waals surface area contributed by atoms with E-state index in [0.717, 1.165) is 13.1 Å². The first kappa shape index (κ1) is 13.5. The number of anilines is 1. The summed E-state index contributed by atoms with van der Waals surface area (Å²) in [5, 5.41) is 11.9. The lowest BCUT2D eigenvalue weighted by Gasteiger charge is -2.25.